The lowest BCUT2D eigenvalue weighted by Crippen LogP contribution is -2.37. The molecule has 1 fully saturated rings. The normalized spacial score (nSPS) is 23.3. The highest BCUT2D eigenvalue weighted by atomic mass is 35.5. The SMILES string of the molecule is Cl.OCC1CNCCC1c1cc(F)cc2ccoc12. The van der Waals surface area contributed by atoms with Crippen molar-refractivity contribution in [3.8, 4) is 0 Å². The van der Waals surface area contributed by atoms with Crippen molar-refractivity contribution in [2.45, 2.75) is 12.3 Å². The fourth-order valence-corrected chi connectivity index (χ4v) is 2.87. The van der Waals surface area contributed by atoms with Gasteiger partial charge in [-0.05, 0) is 37.1 Å². The van der Waals surface area contributed by atoms with Crippen LogP contribution in [-0.4, -0.2) is 24.8 Å². The fraction of sp³-hybridized carbons (Fsp3) is 0.429. The van der Waals surface area contributed by atoms with Crippen molar-refractivity contribution in [3.05, 3.63) is 35.8 Å². The van der Waals surface area contributed by atoms with Crippen LogP contribution in [0.3, 0.4) is 0 Å². The number of piperidine rings is 1. The van der Waals surface area contributed by atoms with Crippen molar-refractivity contribution in [2.24, 2.45) is 5.92 Å². The first-order chi connectivity index (χ1) is 8.79. The lowest BCUT2D eigenvalue weighted by Gasteiger charge is -2.31. The lowest BCUT2D eigenvalue weighted by molar-refractivity contribution is 0.179. The van der Waals surface area contributed by atoms with Crippen LogP contribution in [0.5, 0.6) is 0 Å². The van der Waals surface area contributed by atoms with E-state index in [2.05, 4.69) is 5.32 Å². The molecule has 0 spiro atoms. The highest BCUT2D eigenvalue weighted by Crippen LogP contribution is 2.35. The zero-order valence-corrected chi connectivity index (χ0v) is 11.3. The monoisotopic (exact) mass is 285 g/mol. The molecular formula is C14H17ClFNO2. The Kier molecular flexibility index (Phi) is 4.45. The Balaban J connectivity index is 0.00000133. The molecule has 2 atom stereocenters. The number of benzene rings is 1. The van der Waals surface area contributed by atoms with Crippen LogP contribution in [0.25, 0.3) is 11.0 Å². The molecule has 1 aromatic carbocycles. The van der Waals surface area contributed by atoms with Crippen molar-refractivity contribution in [3.63, 3.8) is 0 Å². The van der Waals surface area contributed by atoms with E-state index in [1.165, 1.54) is 6.07 Å². The summed E-state index contributed by atoms with van der Waals surface area (Å²) >= 11 is 0. The Morgan fingerprint density at radius 2 is 2.26 bits per heavy atom. The maximum absolute atomic E-state index is 13.6. The fourth-order valence-electron chi connectivity index (χ4n) is 2.87. The van der Waals surface area contributed by atoms with Gasteiger partial charge in [0.1, 0.15) is 11.4 Å². The van der Waals surface area contributed by atoms with Gasteiger partial charge in [-0.25, -0.2) is 4.39 Å². The van der Waals surface area contributed by atoms with E-state index in [9.17, 15) is 9.50 Å². The van der Waals surface area contributed by atoms with Crippen LogP contribution < -0.4 is 5.32 Å². The molecule has 0 bridgehead atoms. The lowest BCUT2D eigenvalue weighted by atomic mass is 9.81. The van der Waals surface area contributed by atoms with Gasteiger partial charge in [-0.2, -0.15) is 0 Å². The number of hydrogen-bond acceptors (Lipinski definition) is 3. The maximum Gasteiger partial charge on any atom is 0.137 e. The summed E-state index contributed by atoms with van der Waals surface area (Å²) in [5.41, 5.74) is 1.64. The van der Waals surface area contributed by atoms with Gasteiger partial charge in [0.2, 0.25) is 0 Å². The molecule has 0 amide bonds. The van der Waals surface area contributed by atoms with Gasteiger partial charge in [-0.15, -0.1) is 12.4 Å². The molecule has 1 saturated heterocycles. The third-order valence-corrected chi connectivity index (χ3v) is 3.79. The molecule has 1 aliphatic heterocycles. The summed E-state index contributed by atoms with van der Waals surface area (Å²) < 4.78 is 19.1. The van der Waals surface area contributed by atoms with E-state index in [-0.39, 0.29) is 36.7 Å². The molecule has 0 saturated carbocycles. The smallest absolute Gasteiger partial charge is 0.137 e. The van der Waals surface area contributed by atoms with E-state index in [0.717, 1.165) is 36.0 Å². The van der Waals surface area contributed by atoms with E-state index in [4.69, 9.17) is 4.42 Å². The molecular weight excluding hydrogens is 269 g/mol. The van der Waals surface area contributed by atoms with Crippen LogP contribution in [0.15, 0.2) is 28.9 Å². The summed E-state index contributed by atoms with van der Waals surface area (Å²) in [7, 11) is 0. The van der Waals surface area contributed by atoms with Gasteiger partial charge in [-0.3, -0.25) is 0 Å². The average Bonchev–Trinajstić information content (AvgIpc) is 2.85. The molecule has 0 aliphatic carbocycles. The summed E-state index contributed by atoms with van der Waals surface area (Å²) in [4.78, 5) is 0. The van der Waals surface area contributed by atoms with Gasteiger partial charge in [-0.1, -0.05) is 0 Å². The predicted octanol–water partition coefficient (Wildman–Crippen LogP) is 2.68. The van der Waals surface area contributed by atoms with Crippen LogP contribution in [-0.2, 0) is 0 Å². The molecule has 2 aromatic rings. The predicted molar refractivity (Wildman–Crippen MR) is 74.2 cm³/mol. The molecule has 2 unspecified atom stereocenters. The number of furan rings is 1. The first kappa shape index (κ1) is 14.3. The van der Waals surface area contributed by atoms with E-state index in [0.29, 0.717) is 0 Å². The third kappa shape index (κ3) is 2.61. The quantitative estimate of drug-likeness (QED) is 0.892. The van der Waals surface area contributed by atoms with E-state index in [1.807, 2.05) is 0 Å². The second kappa shape index (κ2) is 5.90. The molecule has 104 valence electrons. The first-order valence-corrected chi connectivity index (χ1v) is 6.28. The highest BCUT2D eigenvalue weighted by Gasteiger charge is 2.28. The molecule has 1 aliphatic rings. The number of rotatable bonds is 2. The minimum absolute atomic E-state index is 0. The number of fused-ring (bicyclic) bond motifs is 1. The Bertz CT molecular complexity index is 557. The van der Waals surface area contributed by atoms with Gasteiger partial charge in [0, 0.05) is 30.0 Å². The van der Waals surface area contributed by atoms with Crippen molar-refractivity contribution in [1.82, 2.24) is 5.32 Å². The Hall–Kier alpha value is -1.10. The van der Waals surface area contributed by atoms with Crippen molar-refractivity contribution in [2.75, 3.05) is 19.7 Å². The van der Waals surface area contributed by atoms with Crippen LogP contribution in [0.2, 0.25) is 0 Å². The largest absolute Gasteiger partial charge is 0.464 e. The maximum atomic E-state index is 13.6. The molecule has 0 radical (unpaired) electrons. The van der Waals surface area contributed by atoms with Gasteiger partial charge >= 0.3 is 0 Å². The first-order valence-electron chi connectivity index (χ1n) is 6.28. The van der Waals surface area contributed by atoms with Crippen LogP contribution in [0, 0.1) is 11.7 Å². The van der Waals surface area contributed by atoms with Crippen molar-refractivity contribution < 1.29 is 13.9 Å². The van der Waals surface area contributed by atoms with Crippen LogP contribution >= 0.6 is 12.4 Å². The standard InChI is InChI=1S/C14H16FNO2.ClH/c15-11-5-9-2-4-18-14(9)13(6-11)12-1-3-16-7-10(12)8-17;/h2,4-6,10,12,16-17H,1,3,7-8H2;1H. The number of aliphatic hydroxyl groups is 1. The summed E-state index contributed by atoms with van der Waals surface area (Å²) in [6, 6.07) is 4.80. The van der Waals surface area contributed by atoms with Gasteiger partial charge in [0.15, 0.2) is 0 Å². The topological polar surface area (TPSA) is 45.4 Å². The zero-order valence-electron chi connectivity index (χ0n) is 10.4. The number of halogens is 2. The van der Waals surface area contributed by atoms with Crippen molar-refractivity contribution >= 4 is 23.4 Å². The second-order valence-electron chi connectivity index (χ2n) is 4.88. The number of hydrogen-bond donors (Lipinski definition) is 2. The Morgan fingerprint density at radius 3 is 3.05 bits per heavy atom. The zero-order chi connectivity index (χ0) is 12.5. The highest BCUT2D eigenvalue weighted by molar-refractivity contribution is 5.85. The number of nitrogens with one attached hydrogen (secondary N) is 1. The minimum atomic E-state index is -0.242. The molecule has 3 nitrogen and oxygen atoms in total. The molecule has 2 heterocycles. The Labute approximate surface area is 117 Å². The van der Waals surface area contributed by atoms with E-state index < -0.39 is 0 Å². The molecule has 3 rings (SSSR count). The minimum Gasteiger partial charge on any atom is -0.464 e. The average molecular weight is 286 g/mol. The molecule has 5 heteroatoms. The van der Waals surface area contributed by atoms with Gasteiger partial charge in [0.25, 0.3) is 0 Å². The summed E-state index contributed by atoms with van der Waals surface area (Å²) in [5.74, 6) is 0.0311. The van der Waals surface area contributed by atoms with E-state index in [1.54, 1.807) is 18.4 Å². The number of aliphatic hydroxyl groups excluding tert-OH is 1. The third-order valence-electron chi connectivity index (χ3n) is 3.79. The molecule has 19 heavy (non-hydrogen) atoms. The second-order valence-corrected chi connectivity index (χ2v) is 4.88. The van der Waals surface area contributed by atoms with Crippen LogP contribution in [0.4, 0.5) is 4.39 Å². The summed E-state index contributed by atoms with van der Waals surface area (Å²) in [5, 5.41) is 13.5. The van der Waals surface area contributed by atoms with Gasteiger partial charge < -0.3 is 14.8 Å². The summed E-state index contributed by atoms with van der Waals surface area (Å²) in [6.07, 6.45) is 2.48. The molecule has 1 aromatic heterocycles. The molecule has 2 N–H and O–H groups in total. The van der Waals surface area contributed by atoms with Gasteiger partial charge in [0.05, 0.1) is 6.26 Å². The summed E-state index contributed by atoms with van der Waals surface area (Å²) in [6.45, 7) is 1.76. The van der Waals surface area contributed by atoms with E-state index >= 15 is 0 Å². The van der Waals surface area contributed by atoms with Crippen LogP contribution in [0.1, 0.15) is 17.9 Å². The van der Waals surface area contributed by atoms with Crippen molar-refractivity contribution in [1.29, 1.82) is 0 Å². The Morgan fingerprint density at radius 1 is 1.42 bits per heavy atom.